The second-order valence-electron chi connectivity index (χ2n) is 4.19. The highest BCUT2D eigenvalue weighted by Gasteiger charge is 2.19. The molecule has 2 N–H and O–H groups in total. The fourth-order valence-corrected chi connectivity index (χ4v) is 4.35. The molecule has 7 heteroatoms. The molecule has 2 aromatic rings. The molecule has 102 valence electrons. The lowest BCUT2D eigenvalue weighted by atomic mass is 10.3. The summed E-state index contributed by atoms with van der Waals surface area (Å²) < 4.78 is 24.5. The summed E-state index contributed by atoms with van der Waals surface area (Å²) in [6, 6.07) is 4.33. The molecule has 0 aliphatic heterocycles. The normalized spacial score (nSPS) is 11.7. The number of aromatic nitrogens is 1. The van der Waals surface area contributed by atoms with Crippen molar-refractivity contribution in [2.75, 3.05) is 5.73 Å². The van der Waals surface area contributed by atoms with Gasteiger partial charge in [-0.2, -0.15) is 0 Å². The lowest BCUT2D eigenvalue weighted by Gasteiger charge is -2.04. The molecule has 0 amide bonds. The fourth-order valence-electron chi connectivity index (χ4n) is 1.55. The SMILES string of the molecule is Cc1nc(CS(=O)(=O)c2ccc(N)c(Cl)c2)sc1C. The van der Waals surface area contributed by atoms with E-state index in [-0.39, 0.29) is 15.7 Å². The van der Waals surface area contributed by atoms with Gasteiger partial charge in [0, 0.05) is 4.88 Å². The van der Waals surface area contributed by atoms with Crippen LogP contribution in [0.2, 0.25) is 5.02 Å². The second-order valence-corrected chi connectivity index (χ2v) is 7.88. The fraction of sp³-hybridized carbons (Fsp3) is 0.250. The Balaban J connectivity index is 2.34. The quantitative estimate of drug-likeness (QED) is 0.883. The Morgan fingerprint density at radius 1 is 1.37 bits per heavy atom. The summed E-state index contributed by atoms with van der Waals surface area (Å²) >= 11 is 7.25. The third-order valence-corrected chi connectivity index (χ3v) is 5.93. The standard InChI is InChI=1S/C12H13ClN2O2S2/c1-7-8(2)18-12(15-7)6-19(16,17)9-3-4-11(14)10(13)5-9/h3-5H,6,14H2,1-2H3. The first kappa shape index (κ1) is 14.3. The van der Waals surface area contributed by atoms with Crippen LogP contribution >= 0.6 is 22.9 Å². The summed E-state index contributed by atoms with van der Waals surface area (Å²) in [6.45, 7) is 3.78. The first-order valence-electron chi connectivity index (χ1n) is 5.50. The van der Waals surface area contributed by atoms with E-state index in [1.165, 1.54) is 29.5 Å². The van der Waals surface area contributed by atoms with Crippen LogP contribution < -0.4 is 5.73 Å². The number of hydrogen-bond donors (Lipinski definition) is 1. The van der Waals surface area contributed by atoms with E-state index < -0.39 is 9.84 Å². The van der Waals surface area contributed by atoms with E-state index in [0.717, 1.165) is 10.6 Å². The molecule has 1 heterocycles. The van der Waals surface area contributed by atoms with Crippen LogP contribution in [0.5, 0.6) is 0 Å². The number of rotatable bonds is 3. The molecule has 0 fully saturated rings. The van der Waals surface area contributed by atoms with Crippen molar-refractivity contribution in [1.29, 1.82) is 0 Å². The number of thiazole rings is 1. The topological polar surface area (TPSA) is 73.0 Å². The average molecular weight is 317 g/mol. The van der Waals surface area contributed by atoms with Crippen molar-refractivity contribution in [2.45, 2.75) is 24.5 Å². The summed E-state index contributed by atoms with van der Waals surface area (Å²) in [5.41, 5.74) is 6.80. The van der Waals surface area contributed by atoms with Crippen LogP contribution in [0.4, 0.5) is 5.69 Å². The molecule has 4 nitrogen and oxygen atoms in total. The molecule has 0 aliphatic rings. The van der Waals surface area contributed by atoms with E-state index in [0.29, 0.717) is 10.7 Å². The first-order valence-corrected chi connectivity index (χ1v) is 8.35. The van der Waals surface area contributed by atoms with Gasteiger partial charge in [0.15, 0.2) is 9.84 Å². The smallest absolute Gasteiger partial charge is 0.184 e. The molecule has 2 rings (SSSR count). The van der Waals surface area contributed by atoms with Gasteiger partial charge in [-0.1, -0.05) is 11.6 Å². The van der Waals surface area contributed by atoms with Crippen molar-refractivity contribution in [3.63, 3.8) is 0 Å². The molecule has 0 unspecified atom stereocenters. The molecule has 0 aliphatic carbocycles. The minimum Gasteiger partial charge on any atom is -0.398 e. The predicted molar refractivity (Wildman–Crippen MR) is 78.3 cm³/mol. The van der Waals surface area contributed by atoms with Crippen molar-refractivity contribution >= 4 is 38.5 Å². The van der Waals surface area contributed by atoms with Crippen LogP contribution in [0.15, 0.2) is 23.1 Å². The number of halogens is 1. The maximum absolute atomic E-state index is 12.3. The third-order valence-electron chi connectivity index (χ3n) is 2.72. The third kappa shape index (κ3) is 3.08. The van der Waals surface area contributed by atoms with Gasteiger partial charge in [0.05, 0.1) is 21.3 Å². The molecule has 1 aromatic heterocycles. The largest absolute Gasteiger partial charge is 0.398 e. The highest BCUT2D eigenvalue weighted by molar-refractivity contribution is 7.90. The van der Waals surface area contributed by atoms with Crippen molar-refractivity contribution < 1.29 is 8.42 Å². The Labute approximate surface area is 121 Å². The minimum atomic E-state index is -3.45. The van der Waals surface area contributed by atoms with Crippen LogP contribution in [-0.4, -0.2) is 13.4 Å². The number of hydrogen-bond acceptors (Lipinski definition) is 5. The highest BCUT2D eigenvalue weighted by Crippen LogP contribution is 2.26. The molecule has 0 saturated carbocycles. The zero-order valence-electron chi connectivity index (χ0n) is 10.5. The van der Waals surface area contributed by atoms with Gasteiger partial charge in [-0.15, -0.1) is 11.3 Å². The molecule has 0 radical (unpaired) electrons. The molecule has 0 bridgehead atoms. The van der Waals surface area contributed by atoms with Crippen molar-refractivity contribution in [1.82, 2.24) is 4.98 Å². The van der Waals surface area contributed by atoms with Gasteiger partial charge < -0.3 is 5.73 Å². The van der Waals surface area contributed by atoms with E-state index >= 15 is 0 Å². The Kier molecular flexibility index (Phi) is 3.85. The number of nitrogens with zero attached hydrogens (tertiary/aromatic N) is 1. The molecule has 0 saturated heterocycles. The van der Waals surface area contributed by atoms with Gasteiger partial charge in [-0.05, 0) is 32.0 Å². The van der Waals surface area contributed by atoms with Gasteiger partial charge in [-0.3, -0.25) is 0 Å². The van der Waals surface area contributed by atoms with E-state index in [1.807, 2.05) is 13.8 Å². The summed E-state index contributed by atoms with van der Waals surface area (Å²) in [6.07, 6.45) is 0. The van der Waals surface area contributed by atoms with E-state index in [2.05, 4.69) is 4.98 Å². The molecule has 1 aromatic carbocycles. The highest BCUT2D eigenvalue weighted by atomic mass is 35.5. The van der Waals surface area contributed by atoms with Crippen molar-refractivity contribution in [3.05, 3.63) is 38.8 Å². The number of aryl methyl sites for hydroxylation is 2. The monoisotopic (exact) mass is 316 g/mol. The Hall–Kier alpha value is -1.11. The van der Waals surface area contributed by atoms with Gasteiger partial charge in [0.25, 0.3) is 0 Å². The Morgan fingerprint density at radius 3 is 2.58 bits per heavy atom. The van der Waals surface area contributed by atoms with Crippen molar-refractivity contribution in [3.8, 4) is 0 Å². The van der Waals surface area contributed by atoms with Crippen LogP contribution in [0.25, 0.3) is 0 Å². The van der Waals surface area contributed by atoms with E-state index in [1.54, 1.807) is 0 Å². The minimum absolute atomic E-state index is 0.118. The van der Waals surface area contributed by atoms with Crippen LogP contribution in [0, 0.1) is 13.8 Å². The Morgan fingerprint density at radius 2 is 2.05 bits per heavy atom. The van der Waals surface area contributed by atoms with Gasteiger partial charge in [0.2, 0.25) is 0 Å². The number of sulfone groups is 1. The maximum Gasteiger partial charge on any atom is 0.184 e. The second kappa shape index (κ2) is 5.11. The van der Waals surface area contributed by atoms with E-state index in [9.17, 15) is 8.42 Å². The zero-order valence-corrected chi connectivity index (χ0v) is 12.9. The molecule has 0 spiro atoms. The molecule has 0 atom stereocenters. The van der Waals surface area contributed by atoms with Gasteiger partial charge in [-0.25, -0.2) is 13.4 Å². The average Bonchev–Trinajstić information content (AvgIpc) is 2.60. The van der Waals surface area contributed by atoms with Crippen LogP contribution in [0.3, 0.4) is 0 Å². The number of nitrogen functional groups attached to an aromatic ring is 1. The number of anilines is 1. The molecular weight excluding hydrogens is 304 g/mol. The number of nitrogens with two attached hydrogens (primary N) is 1. The maximum atomic E-state index is 12.3. The van der Waals surface area contributed by atoms with Crippen LogP contribution in [0.1, 0.15) is 15.6 Å². The summed E-state index contributed by atoms with van der Waals surface area (Å²) in [4.78, 5) is 5.43. The lowest BCUT2D eigenvalue weighted by molar-refractivity contribution is 0.595. The Bertz CT molecular complexity index is 704. The van der Waals surface area contributed by atoms with Crippen molar-refractivity contribution in [2.24, 2.45) is 0 Å². The lowest BCUT2D eigenvalue weighted by Crippen LogP contribution is -2.05. The molecular formula is C12H13ClN2O2S2. The van der Waals surface area contributed by atoms with Crippen LogP contribution in [-0.2, 0) is 15.6 Å². The van der Waals surface area contributed by atoms with Gasteiger partial charge in [0.1, 0.15) is 10.8 Å². The first-order chi connectivity index (χ1) is 8.79. The zero-order chi connectivity index (χ0) is 14.2. The van der Waals surface area contributed by atoms with Gasteiger partial charge >= 0.3 is 0 Å². The predicted octanol–water partition coefficient (Wildman–Crippen LogP) is 2.97. The van der Waals surface area contributed by atoms with E-state index in [4.69, 9.17) is 17.3 Å². The summed E-state index contributed by atoms with van der Waals surface area (Å²) in [5, 5.41) is 0.829. The molecule has 19 heavy (non-hydrogen) atoms. The summed E-state index contributed by atoms with van der Waals surface area (Å²) in [5.74, 6) is -0.118. The number of benzene rings is 1. The summed E-state index contributed by atoms with van der Waals surface area (Å²) in [7, 11) is -3.45.